The van der Waals surface area contributed by atoms with E-state index in [-0.39, 0.29) is 18.4 Å². The van der Waals surface area contributed by atoms with Crippen LogP contribution in [0, 0.1) is 0 Å². The number of hydrogen-bond acceptors (Lipinski definition) is 2. The SMILES string of the molecule is O=C(CNC(=O)C(c1ccccc1)c1ccccc1)NC1CC1. The highest BCUT2D eigenvalue weighted by Gasteiger charge is 2.25. The Morgan fingerprint density at radius 2 is 1.43 bits per heavy atom. The maximum absolute atomic E-state index is 12.7. The van der Waals surface area contributed by atoms with Gasteiger partial charge in [0.25, 0.3) is 0 Å². The number of nitrogens with one attached hydrogen (secondary N) is 2. The monoisotopic (exact) mass is 308 g/mol. The highest BCUT2D eigenvalue weighted by molar-refractivity contribution is 5.90. The molecular weight excluding hydrogens is 288 g/mol. The van der Waals surface area contributed by atoms with Crippen molar-refractivity contribution in [2.45, 2.75) is 24.8 Å². The number of carbonyl (C=O) groups is 2. The third kappa shape index (κ3) is 4.19. The molecule has 0 radical (unpaired) electrons. The van der Waals surface area contributed by atoms with Crippen molar-refractivity contribution in [3.63, 3.8) is 0 Å². The summed E-state index contributed by atoms with van der Waals surface area (Å²) in [6.45, 7) is 0.0193. The quantitative estimate of drug-likeness (QED) is 0.859. The van der Waals surface area contributed by atoms with Crippen LogP contribution in [0.2, 0.25) is 0 Å². The molecule has 0 unspecified atom stereocenters. The predicted octanol–water partition coefficient (Wildman–Crippen LogP) is 2.21. The molecule has 0 heterocycles. The molecule has 1 aliphatic carbocycles. The van der Waals surface area contributed by atoms with E-state index < -0.39 is 5.92 Å². The number of benzene rings is 2. The van der Waals surface area contributed by atoms with Crippen LogP contribution in [0.3, 0.4) is 0 Å². The molecule has 3 rings (SSSR count). The van der Waals surface area contributed by atoms with E-state index in [0.717, 1.165) is 24.0 Å². The molecule has 2 aromatic rings. The molecule has 4 nitrogen and oxygen atoms in total. The molecule has 0 saturated heterocycles. The minimum Gasteiger partial charge on any atom is -0.352 e. The Kier molecular flexibility index (Phi) is 4.71. The first-order valence-corrected chi connectivity index (χ1v) is 7.91. The first kappa shape index (κ1) is 15.3. The predicted molar refractivity (Wildman–Crippen MR) is 88.9 cm³/mol. The Bertz CT molecular complexity index is 627. The molecule has 0 aromatic heterocycles. The largest absolute Gasteiger partial charge is 0.352 e. The molecule has 0 bridgehead atoms. The zero-order chi connectivity index (χ0) is 16.1. The van der Waals surface area contributed by atoms with E-state index in [1.807, 2.05) is 60.7 Å². The van der Waals surface area contributed by atoms with Crippen molar-refractivity contribution in [2.75, 3.05) is 6.54 Å². The standard InChI is InChI=1S/C19H20N2O2/c22-17(21-16-11-12-16)13-20-19(23)18(14-7-3-1-4-8-14)15-9-5-2-6-10-15/h1-10,16,18H,11-13H2,(H,20,23)(H,21,22). The molecule has 2 amide bonds. The first-order valence-electron chi connectivity index (χ1n) is 7.91. The van der Waals surface area contributed by atoms with Crippen LogP contribution in [-0.4, -0.2) is 24.4 Å². The lowest BCUT2D eigenvalue weighted by Gasteiger charge is -2.17. The van der Waals surface area contributed by atoms with E-state index in [2.05, 4.69) is 10.6 Å². The lowest BCUT2D eigenvalue weighted by atomic mass is 9.90. The molecule has 0 atom stereocenters. The van der Waals surface area contributed by atoms with Crippen LogP contribution in [0.25, 0.3) is 0 Å². The van der Waals surface area contributed by atoms with Crippen molar-refractivity contribution in [1.82, 2.24) is 10.6 Å². The number of amides is 2. The Morgan fingerprint density at radius 1 is 0.913 bits per heavy atom. The molecule has 1 saturated carbocycles. The third-order valence-electron chi connectivity index (χ3n) is 3.89. The van der Waals surface area contributed by atoms with Gasteiger partial charge in [0.2, 0.25) is 11.8 Å². The summed E-state index contributed by atoms with van der Waals surface area (Å²) in [5.41, 5.74) is 1.83. The molecule has 2 N–H and O–H groups in total. The van der Waals surface area contributed by atoms with Crippen LogP contribution in [0.1, 0.15) is 29.9 Å². The van der Waals surface area contributed by atoms with Crippen LogP contribution in [0.15, 0.2) is 60.7 Å². The second-order valence-corrected chi connectivity index (χ2v) is 5.81. The highest BCUT2D eigenvalue weighted by atomic mass is 16.2. The average molecular weight is 308 g/mol. The number of carbonyl (C=O) groups excluding carboxylic acids is 2. The summed E-state index contributed by atoms with van der Waals surface area (Å²) in [6.07, 6.45) is 2.08. The topological polar surface area (TPSA) is 58.2 Å². The van der Waals surface area contributed by atoms with E-state index in [4.69, 9.17) is 0 Å². The van der Waals surface area contributed by atoms with Crippen LogP contribution in [-0.2, 0) is 9.59 Å². The van der Waals surface area contributed by atoms with Crippen LogP contribution in [0.4, 0.5) is 0 Å². The molecule has 0 spiro atoms. The van der Waals surface area contributed by atoms with Crippen molar-refractivity contribution in [1.29, 1.82) is 0 Å². The molecule has 2 aromatic carbocycles. The van der Waals surface area contributed by atoms with Gasteiger partial charge in [-0.3, -0.25) is 9.59 Å². The summed E-state index contributed by atoms with van der Waals surface area (Å²) in [4.78, 5) is 24.4. The summed E-state index contributed by atoms with van der Waals surface area (Å²) < 4.78 is 0. The molecule has 1 aliphatic rings. The van der Waals surface area contributed by atoms with Gasteiger partial charge in [-0.1, -0.05) is 60.7 Å². The van der Waals surface area contributed by atoms with Crippen molar-refractivity contribution < 1.29 is 9.59 Å². The Hall–Kier alpha value is -2.62. The molecular formula is C19H20N2O2. The second-order valence-electron chi connectivity index (χ2n) is 5.81. The van der Waals surface area contributed by atoms with Crippen molar-refractivity contribution in [2.24, 2.45) is 0 Å². The van der Waals surface area contributed by atoms with Gasteiger partial charge < -0.3 is 10.6 Å². The Morgan fingerprint density at radius 3 is 1.91 bits per heavy atom. The highest BCUT2D eigenvalue weighted by Crippen LogP contribution is 2.24. The van der Waals surface area contributed by atoms with E-state index in [1.165, 1.54) is 0 Å². The van der Waals surface area contributed by atoms with Gasteiger partial charge in [-0.25, -0.2) is 0 Å². The fraction of sp³-hybridized carbons (Fsp3) is 0.263. The normalized spacial score (nSPS) is 13.6. The lowest BCUT2D eigenvalue weighted by molar-refractivity contribution is -0.126. The Balaban J connectivity index is 1.72. The lowest BCUT2D eigenvalue weighted by Crippen LogP contribution is -2.40. The summed E-state index contributed by atoms with van der Waals surface area (Å²) >= 11 is 0. The fourth-order valence-corrected chi connectivity index (χ4v) is 2.56. The zero-order valence-corrected chi connectivity index (χ0v) is 12.9. The van der Waals surface area contributed by atoms with Gasteiger partial charge >= 0.3 is 0 Å². The van der Waals surface area contributed by atoms with Gasteiger partial charge in [0.1, 0.15) is 0 Å². The minimum atomic E-state index is -0.411. The fourth-order valence-electron chi connectivity index (χ4n) is 2.56. The van der Waals surface area contributed by atoms with Crippen molar-refractivity contribution in [3.05, 3.63) is 71.8 Å². The van der Waals surface area contributed by atoms with Gasteiger partial charge in [-0.2, -0.15) is 0 Å². The van der Waals surface area contributed by atoms with Crippen LogP contribution in [0.5, 0.6) is 0 Å². The van der Waals surface area contributed by atoms with E-state index in [9.17, 15) is 9.59 Å². The molecule has 1 fully saturated rings. The summed E-state index contributed by atoms with van der Waals surface area (Å²) in [6, 6.07) is 19.5. The first-order chi connectivity index (χ1) is 11.2. The Labute approximate surface area is 135 Å². The smallest absolute Gasteiger partial charge is 0.239 e. The molecule has 118 valence electrons. The summed E-state index contributed by atoms with van der Waals surface area (Å²) in [5, 5.41) is 5.64. The maximum Gasteiger partial charge on any atom is 0.239 e. The average Bonchev–Trinajstić information content (AvgIpc) is 3.39. The van der Waals surface area contributed by atoms with Gasteiger partial charge in [0.15, 0.2) is 0 Å². The molecule has 0 aliphatic heterocycles. The number of hydrogen-bond donors (Lipinski definition) is 2. The van der Waals surface area contributed by atoms with Gasteiger partial charge in [-0.15, -0.1) is 0 Å². The van der Waals surface area contributed by atoms with Gasteiger partial charge in [0.05, 0.1) is 12.5 Å². The number of rotatable bonds is 6. The third-order valence-corrected chi connectivity index (χ3v) is 3.89. The second kappa shape index (κ2) is 7.09. The van der Waals surface area contributed by atoms with Gasteiger partial charge in [0, 0.05) is 6.04 Å². The van der Waals surface area contributed by atoms with Crippen molar-refractivity contribution >= 4 is 11.8 Å². The summed E-state index contributed by atoms with van der Waals surface area (Å²) in [5.74, 6) is -0.694. The zero-order valence-electron chi connectivity index (χ0n) is 12.9. The minimum absolute atomic E-state index is 0.0193. The van der Waals surface area contributed by atoms with Crippen LogP contribution < -0.4 is 10.6 Å². The maximum atomic E-state index is 12.7. The van der Waals surface area contributed by atoms with Crippen LogP contribution >= 0.6 is 0 Å². The molecule has 23 heavy (non-hydrogen) atoms. The van der Waals surface area contributed by atoms with Crippen molar-refractivity contribution in [3.8, 4) is 0 Å². The van der Waals surface area contributed by atoms with E-state index in [1.54, 1.807) is 0 Å². The van der Waals surface area contributed by atoms with Gasteiger partial charge in [-0.05, 0) is 24.0 Å². The summed E-state index contributed by atoms with van der Waals surface area (Å²) in [7, 11) is 0. The molecule has 4 heteroatoms. The van der Waals surface area contributed by atoms with E-state index in [0.29, 0.717) is 6.04 Å². The van der Waals surface area contributed by atoms with E-state index >= 15 is 0 Å².